The number of pyridine rings is 1. The molecule has 1 aromatic rings. The Morgan fingerprint density at radius 1 is 1.55 bits per heavy atom. The molecule has 0 amide bonds. The van der Waals surface area contributed by atoms with E-state index >= 15 is 0 Å². The molecule has 2 heterocycles. The molecule has 1 aromatic heterocycles. The molecule has 0 aromatic carbocycles. The minimum Gasteiger partial charge on any atom is -0.465 e. The lowest BCUT2D eigenvalue weighted by Gasteiger charge is -2.40. The number of likely N-dealkylation sites (N-methyl/N-ethyl adjacent to an activating group) is 1. The highest BCUT2D eigenvalue weighted by Crippen LogP contribution is 2.26. The fraction of sp³-hybridized carbons (Fsp3) is 0.571. The smallest absolute Gasteiger partial charge is 0.340 e. The van der Waals surface area contributed by atoms with Gasteiger partial charge in [-0.1, -0.05) is 6.92 Å². The van der Waals surface area contributed by atoms with E-state index in [1.807, 2.05) is 0 Å². The van der Waals surface area contributed by atoms with E-state index in [0.717, 1.165) is 26.2 Å². The summed E-state index contributed by atoms with van der Waals surface area (Å²) in [6, 6.07) is 2.04. The number of nitrogen functional groups attached to an aromatic ring is 1. The number of anilines is 2. The minimum atomic E-state index is -0.425. The molecule has 110 valence electrons. The van der Waals surface area contributed by atoms with Crippen molar-refractivity contribution in [1.29, 1.82) is 0 Å². The molecular formula is C14H22N4O2. The number of aromatic nitrogens is 1. The summed E-state index contributed by atoms with van der Waals surface area (Å²) in [7, 11) is 1.35. The van der Waals surface area contributed by atoms with Crippen LogP contribution in [0.25, 0.3) is 0 Å². The van der Waals surface area contributed by atoms with Gasteiger partial charge in [-0.15, -0.1) is 0 Å². The van der Waals surface area contributed by atoms with Crippen molar-refractivity contribution in [2.24, 2.45) is 0 Å². The second-order valence-corrected chi connectivity index (χ2v) is 5.01. The number of hydrogen-bond donors (Lipinski definition) is 1. The number of methoxy groups -OCH3 is 1. The van der Waals surface area contributed by atoms with Crippen molar-refractivity contribution in [1.82, 2.24) is 9.88 Å². The first-order chi connectivity index (χ1) is 9.58. The van der Waals surface area contributed by atoms with Crippen LogP contribution in [0, 0.1) is 0 Å². The van der Waals surface area contributed by atoms with Crippen molar-refractivity contribution in [3.8, 4) is 0 Å². The van der Waals surface area contributed by atoms with Crippen molar-refractivity contribution < 1.29 is 9.53 Å². The van der Waals surface area contributed by atoms with Crippen LogP contribution in [-0.2, 0) is 4.74 Å². The summed E-state index contributed by atoms with van der Waals surface area (Å²) in [5.74, 6) is 0.252. The zero-order chi connectivity index (χ0) is 14.7. The third-order valence-electron chi connectivity index (χ3n) is 3.85. The number of carbonyl (C=O) groups is 1. The van der Waals surface area contributed by atoms with E-state index in [2.05, 4.69) is 28.6 Å². The van der Waals surface area contributed by atoms with E-state index in [9.17, 15) is 4.79 Å². The maximum Gasteiger partial charge on any atom is 0.340 e. The standard InChI is InChI=1S/C14H22N4O2/c1-4-17-7-8-18(9-10(17)2)13-12(15)11(5-6-16-13)14(19)20-3/h5-6,10H,4,7-9,15H2,1-3H3. The number of ether oxygens (including phenoxy) is 1. The van der Waals surface area contributed by atoms with Crippen molar-refractivity contribution in [2.75, 3.05) is 43.9 Å². The van der Waals surface area contributed by atoms with Crippen molar-refractivity contribution in [3.05, 3.63) is 17.8 Å². The third-order valence-corrected chi connectivity index (χ3v) is 3.85. The molecule has 1 atom stereocenters. The van der Waals surface area contributed by atoms with Crippen LogP contribution in [-0.4, -0.2) is 55.2 Å². The third kappa shape index (κ3) is 2.70. The van der Waals surface area contributed by atoms with E-state index in [-0.39, 0.29) is 0 Å². The highest BCUT2D eigenvalue weighted by Gasteiger charge is 2.25. The second kappa shape index (κ2) is 6.09. The predicted molar refractivity (Wildman–Crippen MR) is 78.9 cm³/mol. The van der Waals surface area contributed by atoms with E-state index in [1.54, 1.807) is 12.3 Å². The van der Waals surface area contributed by atoms with Gasteiger partial charge in [0.25, 0.3) is 0 Å². The Hall–Kier alpha value is -1.82. The fourth-order valence-electron chi connectivity index (χ4n) is 2.66. The van der Waals surface area contributed by atoms with E-state index in [4.69, 9.17) is 10.5 Å². The summed E-state index contributed by atoms with van der Waals surface area (Å²) in [6.45, 7) is 8.09. The van der Waals surface area contributed by atoms with E-state index in [1.165, 1.54) is 7.11 Å². The van der Waals surface area contributed by atoms with Crippen molar-refractivity contribution >= 4 is 17.5 Å². The average molecular weight is 278 g/mol. The van der Waals surface area contributed by atoms with Crippen LogP contribution < -0.4 is 10.6 Å². The Balaban J connectivity index is 2.24. The SMILES string of the molecule is CCN1CCN(c2nccc(C(=O)OC)c2N)CC1C. The molecule has 20 heavy (non-hydrogen) atoms. The number of piperazine rings is 1. The Kier molecular flexibility index (Phi) is 4.44. The van der Waals surface area contributed by atoms with Gasteiger partial charge >= 0.3 is 5.97 Å². The number of carbonyl (C=O) groups excluding carboxylic acids is 1. The zero-order valence-electron chi connectivity index (χ0n) is 12.3. The molecule has 6 heteroatoms. The summed E-state index contributed by atoms with van der Waals surface area (Å²) in [5.41, 5.74) is 6.86. The lowest BCUT2D eigenvalue weighted by Crippen LogP contribution is -2.52. The molecule has 1 fully saturated rings. The molecule has 2 rings (SSSR count). The molecule has 2 N–H and O–H groups in total. The Morgan fingerprint density at radius 2 is 2.30 bits per heavy atom. The van der Waals surface area contributed by atoms with Crippen LogP contribution >= 0.6 is 0 Å². The quantitative estimate of drug-likeness (QED) is 0.831. The van der Waals surface area contributed by atoms with Gasteiger partial charge in [0.05, 0.1) is 18.4 Å². The molecule has 0 radical (unpaired) electrons. The molecular weight excluding hydrogens is 256 g/mol. The number of nitrogens with two attached hydrogens (primary N) is 1. The first-order valence-corrected chi connectivity index (χ1v) is 6.90. The van der Waals surface area contributed by atoms with Crippen molar-refractivity contribution in [2.45, 2.75) is 19.9 Å². The summed E-state index contributed by atoms with van der Waals surface area (Å²) < 4.78 is 4.74. The lowest BCUT2D eigenvalue weighted by molar-refractivity contribution is 0.0602. The summed E-state index contributed by atoms with van der Waals surface area (Å²) in [6.07, 6.45) is 1.61. The molecule has 1 aliphatic heterocycles. The van der Waals surface area contributed by atoms with E-state index < -0.39 is 5.97 Å². The van der Waals surface area contributed by atoms with Gasteiger partial charge in [0.1, 0.15) is 0 Å². The van der Waals surface area contributed by atoms with Crippen molar-refractivity contribution in [3.63, 3.8) is 0 Å². The monoisotopic (exact) mass is 278 g/mol. The first kappa shape index (κ1) is 14.6. The summed E-state index contributed by atoms with van der Waals surface area (Å²) in [4.78, 5) is 20.6. The van der Waals surface area contributed by atoms with Gasteiger partial charge in [-0.3, -0.25) is 4.90 Å². The van der Waals surface area contributed by atoms with Crippen LogP contribution in [0.15, 0.2) is 12.3 Å². The molecule has 0 saturated carbocycles. The zero-order valence-corrected chi connectivity index (χ0v) is 12.3. The highest BCUT2D eigenvalue weighted by atomic mass is 16.5. The Morgan fingerprint density at radius 3 is 2.90 bits per heavy atom. The Bertz CT molecular complexity index is 492. The number of nitrogens with zero attached hydrogens (tertiary/aromatic N) is 3. The number of rotatable bonds is 3. The molecule has 6 nitrogen and oxygen atoms in total. The lowest BCUT2D eigenvalue weighted by atomic mass is 10.1. The fourth-order valence-corrected chi connectivity index (χ4v) is 2.66. The van der Waals surface area contributed by atoms with Gasteiger partial charge in [0, 0.05) is 31.9 Å². The predicted octanol–water partition coefficient (Wildman–Crippen LogP) is 0.981. The number of hydrogen-bond acceptors (Lipinski definition) is 6. The Labute approximate surface area is 119 Å². The molecule has 0 bridgehead atoms. The normalized spacial score (nSPS) is 19.9. The maximum absolute atomic E-state index is 11.7. The van der Waals surface area contributed by atoms with Gasteiger partial charge in [0.15, 0.2) is 5.82 Å². The average Bonchev–Trinajstić information content (AvgIpc) is 2.46. The molecule has 0 aliphatic carbocycles. The number of esters is 1. The largest absolute Gasteiger partial charge is 0.465 e. The van der Waals surface area contributed by atoms with Gasteiger partial charge in [-0.2, -0.15) is 0 Å². The topological polar surface area (TPSA) is 71.7 Å². The van der Waals surface area contributed by atoms with Gasteiger partial charge in [-0.05, 0) is 19.5 Å². The van der Waals surface area contributed by atoms with Gasteiger partial charge in [-0.25, -0.2) is 9.78 Å². The maximum atomic E-state index is 11.7. The van der Waals surface area contributed by atoms with Crippen LogP contribution in [0.2, 0.25) is 0 Å². The first-order valence-electron chi connectivity index (χ1n) is 6.90. The van der Waals surface area contributed by atoms with Crippen LogP contribution in [0.4, 0.5) is 11.5 Å². The van der Waals surface area contributed by atoms with Gasteiger partial charge in [0.2, 0.25) is 0 Å². The summed E-state index contributed by atoms with van der Waals surface area (Å²) in [5, 5.41) is 0. The molecule has 1 saturated heterocycles. The molecule has 1 aliphatic rings. The van der Waals surface area contributed by atoms with Gasteiger partial charge < -0.3 is 15.4 Å². The second-order valence-electron chi connectivity index (χ2n) is 5.01. The van der Waals surface area contributed by atoms with Crippen LogP contribution in [0.3, 0.4) is 0 Å². The highest BCUT2D eigenvalue weighted by molar-refractivity contribution is 5.97. The minimum absolute atomic E-state index is 0.378. The van der Waals surface area contributed by atoms with E-state index in [0.29, 0.717) is 23.1 Å². The van der Waals surface area contributed by atoms with Crippen LogP contribution in [0.1, 0.15) is 24.2 Å². The molecule has 1 unspecified atom stereocenters. The molecule has 0 spiro atoms. The van der Waals surface area contributed by atoms with Crippen LogP contribution in [0.5, 0.6) is 0 Å². The summed E-state index contributed by atoms with van der Waals surface area (Å²) >= 11 is 0.